The van der Waals surface area contributed by atoms with Crippen molar-refractivity contribution in [2.45, 2.75) is 33.9 Å². The second-order valence-corrected chi connectivity index (χ2v) is 6.63. The first-order valence-corrected chi connectivity index (χ1v) is 10.3. The van der Waals surface area contributed by atoms with E-state index in [-0.39, 0.29) is 24.0 Å². The molecule has 0 saturated heterocycles. The Morgan fingerprint density at radius 3 is 2.00 bits per heavy atom. The van der Waals surface area contributed by atoms with Gasteiger partial charge in [-0.15, -0.1) is 0 Å². The van der Waals surface area contributed by atoms with E-state index >= 15 is 0 Å². The van der Waals surface area contributed by atoms with Crippen LogP contribution < -0.4 is 23.7 Å². The van der Waals surface area contributed by atoms with Crippen molar-refractivity contribution in [3.8, 4) is 28.7 Å². The van der Waals surface area contributed by atoms with E-state index in [0.717, 1.165) is 0 Å². The Labute approximate surface area is 186 Å². The first-order chi connectivity index (χ1) is 15.3. The highest BCUT2D eigenvalue weighted by atomic mass is 19.3. The lowest BCUT2D eigenvalue weighted by molar-refractivity contribution is -0.0512. The van der Waals surface area contributed by atoms with Crippen LogP contribution in [0.2, 0.25) is 0 Å². The number of rotatable bonds is 12. The highest BCUT2D eigenvalue weighted by molar-refractivity contribution is 5.95. The summed E-state index contributed by atoms with van der Waals surface area (Å²) in [6.45, 7) is 3.99. The van der Waals surface area contributed by atoms with Crippen LogP contribution in [0.1, 0.15) is 36.7 Å². The summed E-state index contributed by atoms with van der Waals surface area (Å²) in [5.41, 5.74) is 1.05. The molecule has 0 bridgehead atoms. The van der Waals surface area contributed by atoms with Gasteiger partial charge in [0.25, 0.3) is 5.91 Å². The second-order valence-electron chi connectivity index (χ2n) is 6.63. The van der Waals surface area contributed by atoms with Crippen molar-refractivity contribution in [3.05, 3.63) is 41.5 Å². The monoisotopic (exact) mass is 453 g/mol. The third-order valence-electron chi connectivity index (χ3n) is 4.37. The van der Waals surface area contributed by atoms with Crippen LogP contribution in [0.3, 0.4) is 0 Å². The quantitative estimate of drug-likeness (QED) is 0.462. The molecule has 32 heavy (non-hydrogen) atoms. The predicted octanol–water partition coefficient (Wildman–Crippen LogP) is 4.76. The molecule has 2 aromatic carbocycles. The number of amides is 1. The molecule has 0 atom stereocenters. The number of hydrogen-bond donors (Lipinski definition) is 0. The summed E-state index contributed by atoms with van der Waals surface area (Å²) in [5.74, 6) is 1.10. The summed E-state index contributed by atoms with van der Waals surface area (Å²) in [6, 6.07) is 7.78. The zero-order valence-electron chi connectivity index (χ0n) is 18.9. The van der Waals surface area contributed by atoms with Crippen LogP contribution in [0.25, 0.3) is 0 Å². The summed E-state index contributed by atoms with van der Waals surface area (Å²) >= 11 is 0. The lowest BCUT2D eigenvalue weighted by Gasteiger charge is -2.21. The van der Waals surface area contributed by atoms with E-state index in [0.29, 0.717) is 48.2 Å². The Hall–Kier alpha value is -3.23. The summed E-state index contributed by atoms with van der Waals surface area (Å²) in [6.07, 6.45) is 0. The summed E-state index contributed by atoms with van der Waals surface area (Å²) in [5, 5.41) is 0. The number of carbonyl (C=O) groups excluding carboxylic acids is 1. The third-order valence-corrected chi connectivity index (χ3v) is 4.37. The van der Waals surface area contributed by atoms with Gasteiger partial charge in [0.1, 0.15) is 0 Å². The fourth-order valence-corrected chi connectivity index (χ4v) is 3.08. The molecular formula is C23H29F2NO6. The van der Waals surface area contributed by atoms with Gasteiger partial charge in [0.05, 0.1) is 26.9 Å². The molecule has 0 aliphatic heterocycles. The van der Waals surface area contributed by atoms with E-state index < -0.39 is 6.61 Å². The van der Waals surface area contributed by atoms with E-state index in [9.17, 15) is 13.6 Å². The van der Waals surface area contributed by atoms with Crippen LogP contribution >= 0.6 is 0 Å². The molecule has 0 fully saturated rings. The number of carbonyl (C=O) groups is 1. The van der Waals surface area contributed by atoms with Gasteiger partial charge in [-0.2, -0.15) is 8.78 Å². The van der Waals surface area contributed by atoms with Crippen molar-refractivity contribution in [1.82, 2.24) is 4.90 Å². The molecule has 0 N–H and O–H groups in total. The zero-order chi connectivity index (χ0) is 23.7. The molecule has 0 unspecified atom stereocenters. The summed E-state index contributed by atoms with van der Waals surface area (Å²) < 4.78 is 51.6. The van der Waals surface area contributed by atoms with E-state index in [1.165, 1.54) is 18.1 Å². The van der Waals surface area contributed by atoms with Crippen LogP contribution in [-0.4, -0.2) is 51.4 Å². The van der Waals surface area contributed by atoms with Crippen molar-refractivity contribution in [2.24, 2.45) is 0 Å². The molecule has 0 saturated carbocycles. The fourth-order valence-electron chi connectivity index (χ4n) is 3.08. The van der Waals surface area contributed by atoms with E-state index in [2.05, 4.69) is 4.74 Å². The Morgan fingerprint density at radius 1 is 0.906 bits per heavy atom. The minimum Gasteiger partial charge on any atom is -0.493 e. The van der Waals surface area contributed by atoms with Crippen LogP contribution in [0, 0.1) is 0 Å². The molecule has 0 aliphatic carbocycles. The average molecular weight is 453 g/mol. The van der Waals surface area contributed by atoms with Crippen LogP contribution in [-0.2, 0) is 6.54 Å². The van der Waals surface area contributed by atoms with Gasteiger partial charge in [0.15, 0.2) is 23.0 Å². The highest BCUT2D eigenvalue weighted by Gasteiger charge is 2.21. The second kappa shape index (κ2) is 12.0. The molecule has 2 aromatic rings. The molecular weight excluding hydrogens is 424 g/mol. The number of ether oxygens (including phenoxy) is 5. The minimum absolute atomic E-state index is 0.0746. The fraction of sp³-hybridized carbons (Fsp3) is 0.435. The van der Waals surface area contributed by atoms with Crippen molar-refractivity contribution in [3.63, 3.8) is 0 Å². The van der Waals surface area contributed by atoms with Gasteiger partial charge in [-0.25, -0.2) is 0 Å². The topological polar surface area (TPSA) is 66.5 Å². The summed E-state index contributed by atoms with van der Waals surface area (Å²) in [4.78, 5) is 14.6. The molecule has 9 heteroatoms. The van der Waals surface area contributed by atoms with Gasteiger partial charge >= 0.3 is 6.61 Å². The maximum atomic E-state index is 13.1. The highest BCUT2D eigenvalue weighted by Crippen LogP contribution is 2.39. The molecule has 176 valence electrons. The van der Waals surface area contributed by atoms with Gasteiger partial charge in [0.2, 0.25) is 5.75 Å². The Bertz CT molecular complexity index is 879. The molecule has 0 aromatic heterocycles. The smallest absolute Gasteiger partial charge is 0.387 e. The van der Waals surface area contributed by atoms with Crippen molar-refractivity contribution >= 4 is 5.91 Å². The van der Waals surface area contributed by atoms with Gasteiger partial charge in [0, 0.05) is 19.2 Å². The molecule has 2 rings (SSSR count). The minimum atomic E-state index is -2.96. The standard InChI is InChI=1S/C23H29F2NO6/c1-6-29-19-12-16(13-20(30-7-2)21(19)31-8-3)22(27)26(4)14-15-9-10-17(32-23(24)25)18(11-15)28-5/h9-13,23H,6-8,14H2,1-5H3. The lowest BCUT2D eigenvalue weighted by Crippen LogP contribution is -2.26. The predicted molar refractivity (Wildman–Crippen MR) is 115 cm³/mol. The van der Waals surface area contributed by atoms with Crippen LogP contribution in [0.15, 0.2) is 30.3 Å². The van der Waals surface area contributed by atoms with Crippen molar-refractivity contribution < 1.29 is 37.3 Å². The van der Waals surface area contributed by atoms with Gasteiger partial charge in [-0.3, -0.25) is 4.79 Å². The first kappa shape index (κ1) is 25.0. The van der Waals surface area contributed by atoms with E-state index in [1.807, 2.05) is 20.8 Å². The normalized spacial score (nSPS) is 10.6. The average Bonchev–Trinajstić information content (AvgIpc) is 2.76. The molecule has 7 nitrogen and oxygen atoms in total. The largest absolute Gasteiger partial charge is 0.493 e. The van der Waals surface area contributed by atoms with Gasteiger partial charge < -0.3 is 28.6 Å². The van der Waals surface area contributed by atoms with Crippen molar-refractivity contribution in [1.29, 1.82) is 0 Å². The molecule has 1 amide bonds. The molecule has 0 heterocycles. The maximum absolute atomic E-state index is 13.1. The summed E-state index contributed by atoms with van der Waals surface area (Å²) in [7, 11) is 2.99. The van der Waals surface area contributed by atoms with Crippen LogP contribution in [0.4, 0.5) is 8.78 Å². The van der Waals surface area contributed by atoms with Crippen LogP contribution in [0.5, 0.6) is 28.7 Å². The Balaban J connectivity index is 2.30. The molecule has 0 spiro atoms. The molecule has 0 aliphatic rings. The number of methoxy groups -OCH3 is 1. The Morgan fingerprint density at radius 2 is 1.50 bits per heavy atom. The number of hydrogen-bond acceptors (Lipinski definition) is 6. The van der Waals surface area contributed by atoms with Crippen molar-refractivity contribution in [2.75, 3.05) is 34.0 Å². The SMILES string of the molecule is CCOc1cc(C(=O)N(C)Cc2ccc(OC(F)F)c(OC)c2)cc(OCC)c1OCC. The maximum Gasteiger partial charge on any atom is 0.387 e. The number of nitrogens with zero attached hydrogens (tertiary/aromatic N) is 1. The molecule has 0 radical (unpaired) electrons. The number of alkyl halides is 2. The third kappa shape index (κ3) is 6.38. The van der Waals surface area contributed by atoms with Gasteiger partial charge in [-0.05, 0) is 50.6 Å². The number of benzene rings is 2. The Kier molecular flexibility index (Phi) is 9.37. The zero-order valence-corrected chi connectivity index (χ0v) is 18.9. The lowest BCUT2D eigenvalue weighted by atomic mass is 10.1. The number of halogens is 2. The van der Waals surface area contributed by atoms with Gasteiger partial charge in [-0.1, -0.05) is 6.07 Å². The van der Waals surface area contributed by atoms with E-state index in [4.69, 9.17) is 18.9 Å². The first-order valence-electron chi connectivity index (χ1n) is 10.3. The van der Waals surface area contributed by atoms with E-state index in [1.54, 1.807) is 31.3 Å².